The highest BCUT2D eigenvalue weighted by atomic mass is 35.5. The van der Waals surface area contributed by atoms with Gasteiger partial charge < -0.3 is 10.1 Å². The summed E-state index contributed by atoms with van der Waals surface area (Å²) in [5.41, 5.74) is 2.36. The predicted molar refractivity (Wildman–Crippen MR) is 72.9 cm³/mol. The van der Waals surface area contributed by atoms with Gasteiger partial charge in [0.15, 0.2) is 0 Å². The van der Waals surface area contributed by atoms with E-state index in [9.17, 15) is 0 Å². The maximum Gasteiger partial charge on any atom is 0.0772 e. The van der Waals surface area contributed by atoms with E-state index in [1.165, 1.54) is 30.5 Å². The Morgan fingerprint density at radius 1 is 1.29 bits per heavy atom. The second-order valence-electron chi connectivity index (χ2n) is 4.77. The van der Waals surface area contributed by atoms with E-state index in [4.69, 9.17) is 16.3 Å². The summed E-state index contributed by atoms with van der Waals surface area (Å²) in [6.07, 6.45) is 5.22. The molecule has 0 bridgehead atoms. The van der Waals surface area contributed by atoms with Crippen molar-refractivity contribution in [1.82, 2.24) is 0 Å². The quantitative estimate of drug-likeness (QED) is 0.879. The SMILES string of the molecule is COC1CCCCC1Nc1ccc(Cl)cc1C. The molecule has 1 aliphatic carbocycles. The van der Waals surface area contributed by atoms with Crippen molar-refractivity contribution >= 4 is 17.3 Å². The Labute approximate surface area is 108 Å². The lowest BCUT2D eigenvalue weighted by Gasteiger charge is -2.32. The minimum Gasteiger partial charge on any atom is -0.379 e. The van der Waals surface area contributed by atoms with Crippen LogP contribution >= 0.6 is 11.6 Å². The van der Waals surface area contributed by atoms with E-state index in [0.29, 0.717) is 12.1 Å². The van der Waals surface area contributed by atoms with Gasteiger partial charge in [0, 0.05) is 17.8 Å². The first-order chi connectivity index (χ1) is 8.20. The molecule has 17 heavy (non-hydrogen) atoms. The Morgan fingerprint density at radius 2 is 2.06 bits per heavy atom. The molecule has 1 aromatic carbocycles. The molecule has 1 fully saturated rings. The molecule has 2 unspecified atom stereocenters. The summed E-state index contributed by atoms with van der Waals surface area (Å²) >= 11 is 5.96. The summed E-state index contributed by atoms with van der Waals surface area (Å²) in [6.45, 7) is 2.08. The Bertz CT molecular complexity index is 380. The highest BCUT2D eigenvalue weighted by Crippen LogP contribution is 2.26. The number of rotatable bonds is 3. The van der Waals surface area contributed by atoms with Crippen molar-refractivity contribution < 1.29 is 4.74 Å². The largest absolute Gasteiger partial charge is 0.379 e. The van der Waals surface area contributed by atoms with E-state index >= 15 is 0 Å². The summed E-state index contributed by atoms with van der Waals surface area (Å²) in [7, 11) is 1.80. The smallest absolute Gasteiger partial charge is 0.0772 e. The van der Waals surface area contributed by atoms with E-state index in [-0.39, 0.29) is 0 Å². The molecule has 1 N–H and O–H groups in total. The second kappa shape index (κ2) is 5.74. The van der Waals surface area contributed by atoms with Gasteiger partial charge in [-0.3, -0.25) is 0 Å². The molecule has 94 valence electrons. The summed E-state index contributed by atoms with van der Waals surface area (Å²) < 4.78 is 5.55. The van der Waals surface area contributed by atoms with Crippen LogP contribution in [0.5, 0.6) is 0 Å². The van der Waals surface area contributed by atoms with Gasteiger partial charge in [-0.15, -0.1) is 0 Å². The van der Waals surface area contributed by atoms with Crippen LogP contribution in [-0.2, 0) is 4.74 Å². The molecule has 0 aliphatic heterocycles. The minimum absolute atomic E-state index is 0.332. The molecule has 0 saturated heterocycles. The summed E-state index contributed by atoms with van der Waals surface area (Å²) in [5.74, 6) is 0. The van der Waals surface area contributed by atoms with Gasteiger partial charge in [-0.25, -0.2) is 0 Å². The van der Waals surface area contributed by atoms with Crippen LogP contribution < -0.4 is 5.32 Å². The highest BCUT2D eigenvalue weighted by molar-refractivity contribution is 6.30. The monoisotopic (exact) mass is 253 g/mol. The first-order valence-electron chi connectivity index (χ1n) is 6.26. The van der Waals surface area contributed by atoms with E-state index in [0.717, 1.165) is 11.4 Å². The fraction of sp³-hybridized carbons (Fsp3) is 0.571. The zero-order valence-electron chi connectivity index (χ0n) is 10.5. The van der Waals surface area contributed by atoms with Gasteiger partial charge in [0.2, 0.25) is 0 Å². The highest BCUT2D eigenvalue weighted by Gasteiger charge is 2.24. The second-order valence-corrected chi connectivity index (χ2v) is 5.21. The van der Waals surface area contributed by atoms with E-state index in [2.05, 4.69) is 18.3 Å². The van der Waals surface area contributed by atoms with E-state index in [1.54, 1.807) is 7.11 Å². The van der Waals surface area contributed by atoms with Crippen molar-refractivity contribution in [3.8, 4) is 0 Å². The number of benzene rings is 1. The molecule has 1 saturated carbocycles. The molecule has 3 heteroatoms. The van der Waals surface area contributed by atoms with Crippen molar-refractivity contribution in [2.45, 2.75) is 44.8 Å². The number of hydrogen-bond donors (Lipinski definition) is 1. The predicted octanol–water partition coefficient (Wildman–Crippen LogP) is 4.02. The average molecular weight is 254 g/mol. The van der Waals surface area contributed by atoms with Crippen molar-refractivity contribution in [3.63, 3.8) is 0 Å². The lowest BCUT2D eigenvalue weighted by atomic mass is 9.92. The van der Waals surface area contributed by atoms with Crippen LogP contribution in [-0.4, -0.2) is 19.3 Å². The van der Waals surface area contributed by atoms with Crippen LogP contribution in [0.25, 0.3) is 0 Å². The van der Waals surface area contributed by atoms with Crippen LogP contribution in [0.2, 0.25) is 5.02 Å². The fourth-order valence-electron chi connectivity index (χ4n) is 2.53. The first-order valence-corrected chi connectivity index (χ1v) is 6.64. The van der Waals surface area contributed by atoms with Crippen molar-refractivity contribution in [2.24, 2.45) is 0 Å². The Hall–Kier alpha value is -0.730. The number of nitrogens with one attached hydrogen (secondary N) is 1. The van der Waals surface area contributed by atoms with Crippen molar-refractivity contribution in [2.75, 3.05) is 12.4 Å². The third kappa shape index (κ3) is 3.14. The molecule has 2 atom stereocenters. The van der Waals surface area contributed by atoms with Crippen LogP contribution in [0.1, 0.15) is 31.2 Å². The van der Waals surface area contributed by atoms with Gasteiger partial charge in [-0.2, -0.15) is 0 Å². The third-order valence-electron chi connectivity index (χ3n) is 3.53. The van der Waals surface area contributed by atoms with Gasteiger partial charge in [-0.1, -0.05) is 24.4 Å². The first kappa shape index (κ1) is 12.7. The summed E-state index contributed by atoms with van der Waals surface area (Å²) in [4.78, 5) is 0. The molecular weight excluding hydrogens is 234 g/mol. The number of anilines is 1. The van der Waals surface area contributed by atoms with Gasteiger partial charge in [0.25, 0.3) is 0 Å². The maximum absolute atomic E-state index is 5.96. The van der Waals surface area contributed by atoms with Crippen molar-refractivity contribution in [3.05, 3.63) is 28.8 Å². The molecular formula is C14H20ClNO. The molecule has 0 aromatic heterocycles. The number of ether oxygens (including phenoxy) is 1. The Balaban J connectivity index is 2.08. The molecule has 0 heterocycles. The fourth-order valence-corrected chi connectivity index (χ4v) is 2.76. The number of halogens is 1. The zero-order chi connectivity index (χ0) is 12.3. The number of hydrogen-bond acceptors (Lipinski definition) is 2. The molecule has 1 aliphatic rings. The van der Waals surface area contributed by atoms with Crippen LogP contribution in [0, 0.1) is 6.92 Å². The third-order valence-corrected chi connectivity index (χ3v) is 3.77. The van der Waals surface area contributed by atoms with Crippen molar-refractivity contribution in [1.29, 1.82) is 0 Å². The van der Waals surface area contributed by atoms with E-state index in [1.807, 2.05) is 12.1 Å². The zero-order valence-corrected chi connectivity index (χ0v) is 11.3. The molecule has 2 rings (SSSR count). The summed E-state index contributed by atoms with van der Waals surface area (Å²) in [6, 6.07) is 6.41. The van der Waals surface area contributed by atoms with E-state index < -0.39 is 0 Å². The Kier molecular flexibility index (Phi) is 4.30. The lowest BCUT2D eigenvalue weighted by molar-refractivity contribution is 0.0606. The normalized spacial score (nSPS) is 24.6. The average Bonchev–Trinajstić information content (AvgIpc) is 2.33. The Morgan fingerprint density at radius 3 is 2.76 bits per heavy atom. The van der Waals surface area contributed by atoms with Gasteiger partial charge in [0.1, 0.15) is 0 Å². The van der Waals surface area contributed by atoms with Crippen LogP contribution in [0.15, 0.2) is 18.2 Å². The standard InChI is InChI=1S/C14H20ClNO/c1-10-9-11(15)7-8-12(10)16-13-5-3-4-6-14(13)17-2/h7-9,13-14,16H,3-6H2,1-2H3. The lowest BCUT2D eigenvalue weighted by Crippen LogP contribution is -2.37. The molecule has 0 spiro atoms. The van der Waals surface area contributed by atoms with Gasteiger partial charge in [-0.05, 0) is 43.5 Å². The van der Waals surface area contributed by atoms with Crippen LogP contribution in [0.3, 0.4) is 0 Å². The maximum atomic E-state index is 5.96. The number of aryl methyl sites for hydroxylation is 1. The topological polar surface area (TPSA) is 21.3 Å². The summed E-state index contributed by atoms with van der Waals surface area (Å²) in [5, 5.41) is 4.39. The van der Waals surface area contributed by atoms with Gasteiger partial charge in [0.05, 0.1) is 12.1 Å². The molecule has 1 aromatic rings. The van der Waals surface area contributed by atoms with Crippen LogP contribution in [0.4, 0.5) is 5.69 Å². The minimum atomic E-state index is 0.332. The molecule has 0 amide bonds. The number of methoxy groups -OCH3 is 1. The molecule has 0 radical (unpaired) electrons. The molecule has 2 nitrogen and oxygen atoms in total. The van der Waals surface area contributed by atoms with Gasteiger partial charge >= 0.3 is 0 Å².